The van der Waals surface area contributed by atoms with Crippen molar-refractivity contribution in [2.75, 3.05) is 37.4 Å². The molecular weight excluding hydrogens is 228 g/mol. The molecule has 3 N–H and O–H groups in total. The van der Waals surface area contributed by atoms with Gasteiger partial charge in [0.25, 0.3) is 0 Å². The van der Waals surface area contributed by atoms with Gasteiger partial charge in [-0.1, -0.05) is 0 Å². The van der Waals surface area contributed by atoms with Crippen molar-refractivity contribution in [3.8, 4) is 0 Å². The van der Waals surface area contributed by atoms with Gasteiger partial charge in [-0.2, -0.15) is 4.37 Å². The van der Waals surface area contributed by atoms with Crippen LogP contribution in [0.4, 0.5) is 10.8 Å². The highest BCUT2D eigenvalue weighted by Gasteiger charge is 2.21. The van der Waals surface area contributed by atoms with Gasteiger partial charge in [-0.3, -0.25) is 0 Å². The van der Waals surface area contributed by atoms with E-state index >= 15 is 0 Å². The predicted octanol–water partition coefficient (Wildman–Crippen LogP) is 1.56. The maximum absolute atomic E-state index is 5.78. The molecule has 0 radical (unpaired) electrons. The Morgan fingerprint density at radius 2 is 2.47 bits per heavy atom. The van der Waals surface area contributed by atoms with Gasteiger partial charge in [0.05, 0.1) is 4.90 Å². The van der Waals surface area contributed by atoms with Gasteiger partial charge in [0.2, 0.25) is 0 Å². The van der Waals surface area contributed by atoms with Crippen LogP contribution in [-0.2, 0) is 0 Å². The van der Waals surface area contributed by atoms with Crippen molar-refractivity contribution in [2.45, 2.75) is 17.4 Å². The molecule has 1 aliphatic heterocycles. The summed E-state index contributed by atoms with van der Waals surface area (Å²) in [6.07, 6.45) is 3.23. The van der Waals surface area contributed by atoms with Crippen molar-refractivity contribution in [2.24, 2.45) is 0 Å². The highest BCUT2D eigenvalue weighted by molar-refractivity contribution is 7.99. The summed E-state index contributed by atoms with van der Waals surface area (Å²) in [5, 5.41) is 4.65. The molecule has 1 aromatic heterocycles. The van der Waals surface area contributed by atoms with Crippen molar-refractivity contribution in [3.05, 3.63) is 0 Å². The smallest absolute Gasteiger partial charge is 0.153 e. The molecule has 84 valence electrons. The van der Waals surface area contributed by atoms with Crippen molar-refractivity contribution < 1.29 is 0 Å². The second-order valence-corrected chi connectivity index (χ2v) is 5.41. The van der Waals surface area contributed by atoms with Crippen LogP contribution in [0.15, 0.2) is 4.90 Å². The lowest BCUT2D eigenvalue weighted by molar-refractivity contribution is 0.414. The number of aromatic nitrogens is 1. The first kappa shape index (κ1) is 11.0. The van der Waals surface area contributed by atoms with Crippen LogP contribution in [0.5, 0.6) is 0 Å². The maximum Gasteiger partial charge on any atom is 0.153 e. The van der Waals surface area contributed by atoms with Gasteiger partial charge in [0, 0.05) is 12.6 Å². The fraction of sp³-hybridized carbons (Fsp3) is 0.667. The Bertz CT molecular complexity index is 339. The molecule has 1 aliphatic rings. The van der Waals surface area contributed by atoms with E-state index in [1.807, 2.05) is 6.26 Å². The largest absolute Gasteiger partial charge is 0.382 e. The lowest BCUT2D eigenvalue weighted by Crippen LogP contribution is -2.23. The Balaban J connectivity index is 2.04. The summed E-state index contributed by atoms with van der Waals surface area (Å²) in [7, 11) is 2.15. The number of likely N-dealkylation sites (tertiary alicyclic amines) is 1. The molecule has 1 atom stereocenters. The van der Waals surface area contributed by atoms with Crippen LogP contribution in [0.25, 0.3) is 0 Å². The van der Waals surface area contributed by atoms with Crippen molar-refractivity contribution in [3.63, 3.8) is 0 Å². The minimum atomic E-state index is 0.542. The Morgan fingerprint density at radius 3 is 3.07 bits per heavy atom. The molecule has 1 fully saturated rings. The van der Waals surface area contributed by atoms with Crippen LogP contribution < -0.4 is 11.1 Å². The van der Waals surface area contributed by atoms with E-state index in [1.165, 1.54) is 24.5 Å². The zero-order valence-corrected chi connectivity index (χ0v) is 10.6. The SMILES string of the molecule is CSc1c(N)nsc1NC1CCN(C)C1. The van der Waals surface area contributed by atoms with Crippen molar-refractivity contribution in [1.82, 2.24) is 9.27 Å². The monoisotopic (exact) mass is 244 g/mol. The number of likely N-dealkylation sites (N-methyl/N-ethyl adjacent to an activating group) is 1. The lowest BCUT2D eigenvalue weighted by Gasteiger charge is -2.13. The first-order valence-corrected chi connectivity index (χ1v) is 6.94. The summed E-state index contributed by atoms with van der Waals surface area (Å²) in [5.74, 6) is 0.654. The van der Waals surface area contributed by atoms with Crippen LogP contribution in [0.1, 0.15) is 6.42 Å². The van der Waals surface area contributed by atoms with Crippen LogP contribution in [0.2, 0.25) is 0 Å². The molecule has 0 spiro atoms. The number of nitrogens with one attached hydrogen (secondary N) is 1. The first-order valence-electron chi connectivity index (χ1n) is 4.95. The molecule has 0 amide bonds. The maximum atomic E-state index is 5.78. The third-order valence-corrected chi connectivity index (χ3v) is 4.35. The standard InChI is InChI=1S/C9H16N4S2/c1-13-4-3-6(5-13)11-9-7(14-2)8(10)12-15-9/h6,11H,3-5H2,1-2H3,(H2,10,12). The van der Waals surface area contributed by atoms with E-state index in [0.29, 0.717) is 11.9 Å². The Hall–Kier alpha value is -0.460. The number of nitrogen functional groups attached to an aromatic ring is 1. The topological polar surface area (TPSA) is 54.2 Å². The summed E-state index contributed by atoms with van der Waals surface area (Å²) in [5.41, 5.74) is 5.78. The lowest BCUT2D eigenvalue weighted by atomic mass is 10.3. The molecule has 2 rings (SSSR count). The summed E-state index contributed by atoms with van der Waals surface area (Å²) < 4.78 is 4.17. The van der Waals surface area contributed by atoms with Crippen molar-refractivity contribution >= 4 is 34.1 Å². The van der Waals surface area contributed by atoms with Gasteiger partial charge in [-0.05, 0) is 37.8 Å². The zero-order chi connectivity index (χ0) is 10.8. The molecule has 0 bridgehead atoms. The first-order chi connectivity index (χ1) is 7.20. The molecule has 1 aromatic rings. The minimum absolute atomic E-state index is 0.542. The molecule has 0 saturated carbocycles. The quantitative estimate of drug-likeness (QED) is 0.790. The van der Waals surface area contributed by atoms with Gasteiger partial charge >= 0.3 is 0 Å². The molecule has 1 saturated heterocycles. The minimum Gasteiger partial charge on any atom is -0.382 e. The highest BCUT2D eigenvalue weighted by atomic mass is 32.2. The fourth-order valence-electron chi connectivity index (χ4n) is 1.82. The summed E-state index contributed by atoms with van der Waals surface area (Å²) >= 11 is 3.12. The second kappa shape index (κ2) is 4.59. The highest BCUT2D eigenvalue weighted by Crippen LogP contribution is 2.35. The molecule has 2 heterocycles. The average molecular weight is 244 g/mol. The molecule has 15 heavy (non-hydrogen) atoms. The second-order valence-electron chi connectivity index (χ2n) is 3.82. The molecule has 0 aliphatic carbocycles. The normalized spacial score (nSPS) is 22.1. The van der Waals surface area contributed by atoms with Gasteiger partial charge in [-0.25, -0.2) is 0 Å². The Kier molecular flexibility index (Phi) is 3.38. The van der Waals surface area contributed by atoms with E-state index in [2.05, 4.69) is 21.6 Å². The Labute approximate surface area is 98.4 Å². The van der Waals surface area contributed by atoms with Crippen LogP contribution in [-0.4, -0.2) is 41.7 Å². The van der Waals surface area contributed by atoms with E-state index in [-0.39, 0.29) is 0 Å². The summed E-state index contributed by atoms with van der Waals surface area (Å²) in [6.45, 7) is 2.27. The van der Waals surface area contributed by atoms with Crippen molar-refractivity contribution in [1.29, 1.82) is 0 Å². The van der Waals surface area contributed by atoms with Crippen LogP contribution >= 0.6 is 23.3 Å². The summed E-state index contributed by atoms with van der Waals surface area (Å²) in [6, 6.07) is 0.542. The van der Waals surface area contributed by atoms with Gasteiger partial charge < -0.3 is 16.0 Å². The molecule has 6 heteroatoms. The number of nitrogens with zero attached hydrogens (tertiary/aromatic N) is 2. The molecule has 0 aromatic carbocycles. The Morgan fingerprint density at radius 1 is 1.67 bits per heavy atom. The third kappa shape index (κ3) is 2.38. The van der Waals surface area contributed by atoms with Gasteiger partial charge in [0.15, 0.2) is 5.82 Å². The third-order valence-electron chi connectivity index (χ3n) is 2.60. The van der Waals surface area contributed by atoms with Crippen LogP contribution in [0.3, 0.4) is 0 Å². The van der Waals surface area contributed by atoms with E-state index in [9.17, 15) is 0 Å². The van der Waals surface area contributed by atoms with Crippen LogP contribution in [0, 0.1) is 0 Å². The molecule has 1 unspecified atom stereocenters. The van der Waals surface area contributed by atoms with Gasteiger partial charge in [-0.15, -0.1) is 11.8 Å². The van der Waals surface area contributed by atoms with E-state index in [0.717, 1.165) is 16.4 Å². The molecular formula is C9H16N4S2. The van der Waals surface area contributed by atoms with E-state index < -0.39 is 0 Å². The number of hydrogen-bond donors (Lipinski definition) is 2. The number of anilines is 2. The fourth-order valence-corrected chi connectivity index (χ4v) is 3.43. The predicted molar refractivity (Wildman–Crippen MR) is 67.8 cm³/mol. The van der Waals surface area contributed by atoms with E-state index in [4.69, 9.17) is 5.73 Å². The number of hydrogen-bond acceptors (Lipinski definition) is 6. The number of nitrogens with two attached hydrogens (primary N) is 1. The van der Waals surface area contributed by atoms with E-state index in [1.54, 1.807) is 11.8 Å². The number of thioether (sulfide) groups is 1. The summed E-state index contributed by atoms with van der Waals surface area (Å²) in [4.78, 5) is 3.43. The number of rotatable bonds is 3. The molecule has 4 nitrogen and oxygen atoms in total. The van der Waals surface area contributed by atoms with Gasteiger partial charge in [0.1, 0.15) is 5.00 Å². The average Bonchev–Trinajstić information content (AvgIpc) is 2.75. The zero-order valence-electron chi connectivity index (χ0n) is 8.99.